The van der Waals surface area contributed by atoms with Gasteiger partial charge in [-0.3, -0.25) is 9.36 Å². The zero-order chi connectivity index (χ0) is 13.0. The normalized spacial score (nSPS) is 11.1. The molecule has 0 aliphatic rings. The number of hydrogen-bond acceptors (Lipinski definition) is 2. The van der Waals surface area contributed by atoms with Gasteiger partial charge < -0.3 is 4.98 Å². The Morgan fingerprint density at radius 2 is 1.94 bits per heavy atom. The first-order valence-corrected chi connectivity index (χ1v) is 6.30. The van der Waals surface area contributed by atoms with Gasteiger partial charge in [-0.25, -0.2) is 4.79 Å². The van der Waals surface area contributed by atoms with E-state index in [0.29, 0.717) is 24.6 Å². The molecule has 0 spiro atoms. The molecule has 0 saturated carbocycles. The van der Waals surface area contributed by atoms with Gasteiger partial charge in [0.15, 0.2) is 0 Å². The summed E-state index contributed by atoms with van der Waals surface area (Å²) in [6.45, 7) is 8.49. The van der Waals surface area contributed by atoms with Gasteiger partial charge in [0.25, 0.3) is 5.56 Å². The molecule has 0 aromatic carbocycles. The predicted octanol–water partition coefficient (Wildman–Crippen LogP) is 1.84. The monoisotopic (exact) mass is 238 g/mol. The van der Waals surface area contributed by atoms with Crippen molar-refractivity contribution in [3.05, 3.63) is 32.1 Å². The maximum absolute atomic E-state index is 12.2. The van der Waals surface area contributed by atoms with E-state index in [9.17, 15) is 9.59 Å². The molecule has 0 bridgehead atoms. The van der Waals surface area contributed by atoms with E-state index in [4.69, 9.17) is 0 Å². The lowest BCUT2D eigenvalue weighted by molar-refractivity contribution is 0.560. The minimum absolute atomic E-state index is 0.117. The topological polar surface area (TPSA) is 54.9 Å². The van der Waals surface area contributed by atoms with Crippen molar-refractivity contribution in [3.63, 3.8) is 0 Å². The number of aryl methyl sites for hydroxylation is 1. The van der Waals surface area contributed by atoms with Gasteiger partial charge in [-0.05, 0) is 25.7 Å². The van der Waals surface area contributed by atoms with Crippen LogP contribution in [-0.2, 0) is 13.0 Å². The van der Waals surface area contributed by atoms with Gasteiger partial charge in [0, 0.05) is 17.8 Å². The van der Waals surface area contributed by atoms with Gasteiger partial charge in [0.2, 0.25) is 0 Å². The first-order chi connectivity index (χ1) is 7.97. The molecule has 0 amide bonds. The molecule has 4 heteroatoms. The Hall–Kier alpha value is -1.32. The van der Waals surface area contributed by atoms with E-state index < -0.39 is 0 Å². The van der Waals surface area contributed by atoms with Gasteiger partial charge in [-0.2, -0.15) is 0 Å². The molecule has 0 atom stereocenters. The summed E-state index contributed by atoms with van der Waals surface area (Å²) in [5.74, 6) is 0.409. The van der Waals surface area contributed by atoms with Crippen LogP contribution in [0.5, 0.6) is 0 Å². The summed E-state index contributed by atoms with van der Waals surface area (Å²) in [5, 5.41) is 0. The van der Waals surface area contributed by atoms with Crippen molar-refractivity contribution in [2.45, 2.75) is 53.5 Å². The maximum atomic E-state index is 12.2. The van der Waals surface area contributed by atoms with Crippen LogP contribution < -0.4 is 11.2 Å². The fraction of sp³-hybridized carbons (Fsp3) is 0.692. The van der Waals surface area contributed by atoms with E-state index in [1.165, 1.54) is 4.57 Å². The fourth-order valence-corrected chi connectivity index (χ4v) is 1.89. The molecule has 0 fully saturated rings. The molecular formula is C13H22N2O2. The van der Waals surface area contributed by atoms with Gasteiger partial charge >= 0.3 is 5.69 Å². The van der Waals surface area contributed by atoms with Crippen molar-refractivity contribution in [1.82, 2.24) is 9.55 Å². The Balaban J connectivity index is 3.23. The highest BCUT2D eigenvalue weighted by molar-refractivity contribution is 5.15. The zero-order valence-electron chi connectivity index (χ0n) is 11.2. The molecule has 1 heterocycles. The highest BCUT2D eigenvalue weighted by atomic mass is 16.2. The second kappa shape index (κ2) is 5.84. The molecule has 96 valence electrons. The third kappa shape index (κ3) is 3.32. The second-order valence-corrected chi connectivity index (χ2v) is 4.94. The van der Waals surface area contributed by atoms with E-state index >= 15 is 0 Å². The Kier molecular flexibility index (Phi) is 4.73. The summed E-state index contributed by atoms with van der Waals surface area (Å²) in [6.07, 6.45) is 2.54. The number of unbranched alkanes of at least 4 members (excludes halogenated alkanes) is 1. The number of nitrogens with zero attached hydrogens (tertiary/aromatic N) is 1. The van der Waals surface area contributed by atoms with Crippen molar-refractivity contribution in [1.29, 1.82) is 0 Å². The van der Waals surface area contributed by atoms with Crippen LogP contribution in [0.1, 0.15) is 44.9 Å². The van der Waals surface area contributed by atoms with Gasteiger partial charge in [-0.15, -0.1) is 0 Å². The van der Waals surface area contributed by atoms with Crippen molar-refractivity contribution >= 4 is 0 Å². The number of nitrogens with one attached hydrogen (secondary N) is 1. The van der Waals surface area contributed by atoms with E-state index in [0.717, 1.165) is 18.4 Å². The molecule has 1 aromatic heterocycles. The Labute approximate surface area is 102 Å². The van der Waals surface area contributed by atoms with Gasteiger partial charge in [-0.1, -0.05) is 27.2 Å². The lowest BCUT2D eigenvalue weighted by Crippen LogP contribution is -2.38. The van der Waals surface area contributed by atoms with Crippen molar-refractivity contribution in [3.8, 4) is 0 Å². The quantitative estimate of drug-likeness (QED) is 0.851. The van der Waals surface area contributed by atoms with Crippen LogP contribution in [0.2, 0.25) is 0 Å². The van der Waals surface area contributed by atoms with Crippen LogP contribution in [0.25, 0.3) is 0 Å². The van der Waals surface area contributed by atoms with E-state index in [1.54, 1.807) is 6.92 Å². The minimum Gasteiger partial charge on any atom is -0.311 e. The van der Waals surface area contributed by atoms with E-state index in [-0.39, 0.29) is 11.2 Å². The van der Waals surface area contributed by atoms with Crippen molar-refractivity contribution < 1.29 is 0 Å². The number of aromatic nitrogens is 2. The van der Waals surface area contributed by atoms with Gasteiger partial charge in [0.05, 0.1) is 0 Å². The van der Waals surface area contributed by atoms with Crippen LogP contribution in [0, 0.1) is 12.8 Å². The highest BCUT2D eigenvalue weighted by Gasteiger charge is 2.12. The molecule has 17 heavy (non-hydrogen) atoms. The van der Waals surface area contributed by atoms with Crippen LogP contribution >= 0.6 is 0 Å². The molecule has 0 radical (unpaired) electrons. The lowest BCUT2D eigenvalue weighted by Gasteiger charge is -2.11. The molecule has 0 aliphatic heterocycles. The summed E-state index contributed by atoms with van der Waals surface area (Å²) in [6, 6.07) is 0. The van der Waals surface area contributed by atoms with Crippen LogP contribution in [0.4, 0.5) is 0 Å². The SMILES string of the molecule is CCCCn1c(=O)[nH]c(C)c(CC(C)C)c1=O. The lowest BCUT2D eigenvalue weighted by atomic mass is 10.0. The smallest absolute Gasteiger partial charge is 0.311 e. The molecule has 1 rings (SSSR count). The summed E-state index contributed by atoms with van der Waals surface area (Å²) in [5.41, 5.74) is 1.05. The third-order valence-corrected chi connectivity index (χ3v) is 2.84. The Morgan fingerprint density at radius 1 is 1.29 bits per heavy atom. The maximum Gasteiger partial charge on any atom is 0.328 e. The highest BCUT2D eigenvalue weighted by Crippen LogP contribution is 2.05. The molecule has 0 unspecified atom stereocenters. The van der Waals surface area contributed by atoms with E-state index in [2.05, 4.69) is 18.8 Å². The fourth-order valence-electron chi connectivity index (χ4n) is 1.89. The first-order valence-electron chi connectivity index (χ1n) is 6.30. The summed E-state index contributed by atoms with van der Waals surface area (Å²) >= 11 is 0. The van der Waals surface area contributed by atoms with Crippen LogP contribution in [0.3, 0.4) is 0 Å². The number of rotatable bonds is 5. The summed E-state index contributed by atoms with van der Waals surface area (Å²) in [4.78, 5) is 26.7. The molecule has 4 nitrogen and oxygen atoms in total. The third-order valence-electron chi connectivity index (χ3n) is 2.84. The number of aromatic amines is 1. The molecule has 0 aliphatic carbocycles. The predicted molar refractivity (Wildman–Crippen MR) is 69.5 cm³/mol. The standard InChI is InChI=1S/C13H22N2O2/c1-5-6-7-15-12(16)11(8-9(2)3)10(4)14-13(15)17/h9H,5-8H2,1-4H3,(H,14,17). The summed E-state index contributed by atoms with van der Waals surface area (Å²) in [7, 11) is 0. The molecule has 1 N–H and O–H groups in total. The summed E-state index contributed by atoms with van der Waals surface area (Å²) < 4.78 is 1.33. The van der Waals surface area contributed by atoms with E-state index in [1.807, 2.05) is 6.92 Å². The van der Waals surface area contributed by atoms with Gasteiger partial charge in [0.1, 0.15) is 0 Å². The average molecular weight is 238 g/mol. The first kappa shape index (κ1) is 13.7. The number of hydrogen-bond donors (Lipinski definition) is 1. The Bertz CT molecular complexity index is 483. The van der Waals surface area contributed by atoms with Crippen molar-refractivity contribution in [2.75, 3.05) is 0 Å². The molecule has 1 aromatic rings. The number of H-pyrrole nitrogens is 1. The average Bonchev–Trinajstić information content (AvgIpc) is 2.23. The Morgan fingerprint density at radius 3 is 2.47 bits per heavy atom. The zero-order valence-corrected chi connectivity index (χ0v) is 11.2. The minimum atomic E-state index is -0.284. The van der Waals surface area contributed by atoms with Crippen molar-refractivity contribution in [2.24, 2.45) is 5.92 Å². The van der Waals surface area contributed by atoms with Crippen LogP contribution in [0.15, 0.2) is 9.59 Å². The largest absolute Gasteiger partial charge is 0.328 e. The molecular weight excluding hydrogens is 216 g/mol. The van der Waals surface area contributed by atoms with Crippen LogP contribution in [-0.4, -0.2) is 9.55 Å². The molecule has 0 saturated heterocycles. The second-order valence-electron chi connectivity index (χ2n) is 4.94.